The van der Waals surface area contributed by atoms with Crippen LogP contribution in [0.15, 0.2) is 37.1 Å². The van der Waals surface area contributed by atoms with Crippen molar-refractivity contribution in [3.63, 3.8) is 0 Å². The number of carbonyl (C=O) groups is 1. The molecule has 0 saturated heterocycles. The second kappa shape index (κ2) is 5.02. The number of pyridine rings is 1. The van der Waals surface area contributed by atoms with Crippen LogP contribution in [-0.2, 0) is 6.54 Å². The Morgan fingerprint density at radius 1 is 1.29 bits per heavy atom. The van der Waals surface area contributed by atoms with Gasteiger partial charge < -0.3 is 10.4 Å². The van der Waals surface area contributed by atoms with Gasteiger partial charge in [-0.2, -0.15) is 0 Å². The third-order valence-corrected chi connectivity index (χ3v) is 2.15. The number of rotatable bonds is 4. The summed E-state index contributed by atoms with van der Waals surface area (Å²) < 4.78 is 0. The van der Waals surface area contributed by atoms with E-state index in [1.165, 1.54) is 18.7 Å². The molecule has 86 valence electrons. The van der Waals surface area contributed by atoms with Crippen LogP contribution >= 0.6 is 0 Å². The van der Waals surface area contributed by atoms with E-state index < -0.39 is 5.97 Å². The Kier molecular flexibility index (Phi) is 3.25. The SMILES string of the molecule is O=C(O)c1cnccc1NCc1ccncn1. The minimum absolute atomic E-state index is 0.140. The molecule has 2 aromatic rings. The fourth-order valence-electron chi connectivity index (χ4n) is 1.33. The molecule has 0 amide bonds. The summed E-state index contributed by atoms with van der Waals surface area (Å²) in [5.74, 6) is -1.01. The number of anilines is 1. The van der Waals surface area contributed by atoms with Crippen LogP contribution in [-0.4, -0.2) is 26.0 Å². The highest BCUT2D eigenvalue weighted by molar-refractivity contribution is 5.93. The Bertz CT molecular complexity index is 516. The largest absolute Gasteiger partial charge is 0.478 e. The molecule has 0 bridgehead atoms. The highest BCUT2D eigenvalue weighted by Crippen LogP contribution is 2.13. The van der Waals surface area contributed by atoms with Gasteiger partial charge in [0, 0.05) is 18.6 Å². The molecular weight excluding hydrogens is 220 g/mol. The maximum atomic E-state index is 10.9. The van der Waals surface area contributed by atoms with E-state index in [1.807, 2.05) is 0 Å². The topological polar surface area (TPSA) is 88.0 Å². The lowest BCUT2D eigenvalue weighted by molar-refractivity contribution is 0.0697. The van der Waals surface area contributed by atoms with Crippen LogP contribution < -0.4 is 5.32 Å². The van der Waals surface area contributed by atoms with Gasteiger partial charge in [-0.25, -0.2) is 14.8 Å². The normalized spacial score (nSPS) is 9.88. The summed E-state index contributed by atoms with van der Waals surface area (Å²) in [5.41, 5.74) is 1.45. The molecule has 0 atom stereocenters. The van der Waals surface area contributed by atoms with Gasteiger partial charge in [-0.3, -0.25) is 4.98 Å². The lowest BCUT2D eigenvalue weighted by Crippen LogP contribution is -2.07. The van der Waals surface area contributed by atoms with Gasteiger partial charge in [0.25, 0.3) is 0 Å². The zero-order chi connectivity index (χ0) is 12.1. The first kappa shape index (κ1) is 11.0. The number of nitrogens with one attached hydrogen (secondary N) is 1. The van der Waals surface area contributed by atoms with Crippen molar-refractivity contribution in [1.29, 1.82) is 0 Å². The summed E-state index contributed by atoms with van der Waals surface area (Å²) in [4.78, 5) is 22.5. The first-order valence-electron chi connectivity index (χ1n) is 4.93. The lowest BCUT2D eigenvalue weighted by Gasteiger charge is -2.07. The number of hydrogen-bond donors (Lipinski definition) is 2. The van der Waals surface area contributed by atoms with Gasteiger partial charge in [0.15, 0.2) is 0 Å². The number of aromatic carboxylic acids is 1. The number of carboxylic acids is 1. The first-order chi connectivity index (χ1) is 8.27. The quantitative estimate of drug-likeness (QED) is 0.820. The van der Waals surface area contributed by atoms with E-state index in [4.69, 9.17) is 5.11 Å². The van der Waals surface area contributed by atoms with E-state index in [-0.39, 0.29) is 5.56 Å². The summed E-state index contributed by atoms with van der Waals surface area (Å²) in [6.07, 6.45) is 5.93. The van der Waals surface area contributed by atoms with Crippen molar-refractivity contribution < 1.29 is 9.90 Å². The van der Waals surface area contributed by atoms with Crippen LogP contribution in [0.2, 0.25) is 0 Å². The summed E-state index contributed by atoms with van der Waals surface area (Å²) in [6, 6.07) is 3.37. The maximum Gasteiger partial charge on any atom is 0.339 e. The Labute approximate surface area is 97.4 Å². The third kappa shape index (κ3) is 2.75. The van der Waals surface area contributed by atoms with Gasteiger partial charge in [0.1, 0.15) is 11.9 Å². The molecule has 0 unspecified atom stereocenters. The molecule has 0 radical (unpaired) electrons. The van der Waals surface area contributed by atoms with E-state index in [9.17, 15) is 4.79 Å². The van der Waals surface area contributed by atoms with Crippen LogP contribution in [0.5, 0.6) is 0 Å². The molecule has 2 aromatic heterocycles. The zero-order valence-corrected chi connectivity index (χ0v) is 8.87. The molecule has 6 heteroatoms. The van der Waals surface area contributed by atoms with Gasteiger partial charge in [0.2, 0.25) is 0 Å². The fraction of sp³-hybridized carbons (Fsp3) is 0.0909. The molecule has 2 rings (SSSR count). The van der Waals surface area contributed by atoms with Crippen LogP contribution in [0, 0.1) is 0 Å². The molecule has 2 N–H and O–H groups in total. The van der Waals surface area contributed by atoms with E-state index in [0.29, 0.717) is 12.2 Å². The summed E-state index contributed by atoms with van der Waals surface area (Å²) >= 11 is 0. The van der Waals surface area contributed by atoms with Gasteiger partial charge >= 0.3 is 5.97 Å². The van der Waals surface area contributed by atoms with Crippen LogP contribution in [0.4, 0.5) is 5.69 Å². The number of hydrogen-bond acceptors (Lipinski definition) is 5. The molecule has 0 aromatic carbocycles. The van der Waals surface area contributed by atoms with Crippen molar-refractivity contribution >= 4 is 11.7 Å². The first-order valence-corrected chi connectivity index (χ1v) is 4.93. The van der Waals surface area contributed by atoms with Crippen molar-refractivity contribution in [2.45, 2.75) is 6.54 Å². The van der Waals surface area contributed by atoms with Crippen molar-refractivity contribution in [3.05, 3.63) is 48.3 Å². The predicted octanol–water partition coefficient (Wildman–Crippen LogP) is 1.18. The number of carboxylic acid groups (broad SMARTS) is 1. The van der Waals surface area contributed by atoms with Gasteiger partial charge in [-0.15, -0.1) is 0 Å². The molecule has 0 fully saturated rings. The molecule has 0 spiro atoms. The maximum absolute atomic E-state index is 10.9. The minimum atomic E-state index is -1.01. The van der Waals surface area contributed by atoms with Crippen molar-refractivity contribution in [1.82, 2.24) is 15.0 Å². The van der Waals surface area contributed by atoms with Crippen LogP contribution in [0.1, 0.15) is 16.1 Å². The van der Waals surface area contributed by atoms with E-state index >= 15 is 0 Å². The summed E-state index contributed by atoms with van der Waals surface area (Å²) in [6.45, 7) is 0.437. The highest BCUT2D eigenvalue weighted by Gasteiger charge is 2.09. The van der Waals surface area contributed by atoms with E-state index in [1.54, 1.807) is 18.3 Å². The zero-order valence-electron chi connectivity index (χ0n) is 8.87. The number of aromatic nitrogens is 3. The Morgan fingerprint density at radius 3 is 2.82 bits per heavy atom. The minimum Gasteiger partial charge on any atom is -0.478 e. The van der Waals surface area contributed by atoms with Gasteiger partial charge in [-0.05, 0) is 12.1 Å². The molecule has 0 aliphatic carbocycles. The molecular formula is C11H10N4O2. The lowest BCUT2D eigenvalue weighted by atomic mass is 10.2. The molecule has 0 aliphatic heterocycles. The molecule has 6 nitrogen and oxygen atoms in total. The molecule has 0 aliphatic rings. The van der Waals surface area contributed by atoms with Crippen LogP contribution in [0.25, 0.3) is 0 Å². The Balaban J connectivity index is 2.12. The highest BCUT2D eigenvalue weighted by atomic mass is 16.4. The number of nitrogens with zero attached hydrogens (tertiary/aromatic N) is 3. The smallest absolute Gasteiger partial charge is 0.339 e. The standard InChI is InChI=1S/C11H10N4O2/c16-11(17)9-6-12-4-2-10(9)14-5-8-1-3-13-7-15-8/h1-4,6-7H,5H2,(H,12,14)(H,16,17). The van der Waals surface area contributed by atoms with Crippen molar-refractivity contribution in [3.8, 4) is 0 Å². The fourth-order valence-corrected chi connectivity index (χ4v) is 1.33. The van der Waals surface area contributed by atoms with E-state index in [2.05, 4.69) is 20.3 Å². The molecule has 17 heavy (non-hydrogen) atoms. The van der Waals surface area contributed by atoms with Crippen molar-refractivity contribution in [2.24, 2.45) is 0 Å². The Morgan fingerprint density at radius 2 is 2.12 bits per heavy atom. The monoisotopic (exact) mass is 230 g/mol. The van der Waals surface area contributed by atoms with E-state index in [0.717, 1.165) is 5.69 Å². The van der Waals surface area contributed by atoms with Crippen molar-refractivity contribution in [2.75, 3.05) is 5.32 Å². The van der Waals surface area contributed by atoms with Crippen LogP contribution in [0.3, 0.4) is 0 Å². The van der Waals surface area contributed by atoms with Gasteiger partial charge in [0.05, 0.1) is 17.9 Å². The summed E-state index contributed by atoms with van der Waals surface area (Å²) in [7, 11) is 0. The second-order valence-electron chi connectivity index (χ2n) is 3.28. The predicted molar refractivity (Wildman–Crippen MR) is 60.6 cm³/mol. The van der Waals surface area contributed by atoms with Gasteiger partial charge in [-0.1, -0.05) is 0 Å². The molecule has 2 heterocycles. The average Bonchev–Trinajstić information content (AvgIpc) is 2.38. The molecule has 0 saturated carbocycles. The third-order valence-electron chi connectivity index (χ3n) is 2.15. The summed E-state index contributed by atoms with van der Waals surface area (Å²) in [5, 5.41) is 12.0. The average molecular weight is 230 g/mol. The Hall–Kier alpha value is -2.50. The second-order valence-corrected chi connectivity index (χ2v) is 3.28.